The Morgan fingerprint density at radius 1 is 1.53 bits per heavy atom. The van der Waals surface area contributed by atoms with Crippen molar-refractivity contribution in [2.75, 3.05) is 13.7 Å². The molecule has 0 radical (unpaired) electrons. The smallest absolute Gasteiger partial charge is 0.354 e. The zero-order valence-corrected chi connectivity index (χ0v) is 10.4. The van der Waals surface area contributed by atoms with Crippen LogP contribution in [-0.2, 0) is 11.3 Å². The van der Waals surface area contributed by atoms with E-state index < -0.39 is 5.97 Å². The SMILES string of the molecule is COC(C)(C)CNCc1cccc(C(=O)O)n1. The number of aromatic nitrogens is 1. The summed E-state index contributed by atoms with van der Waals surface area (Å²) in [6.45, 7) is 5.14. The number of carbonyl (C=O) groups is 1. The van der Waals surface area contributed by atoms with Gasteiger partial charge in [0.15, 0.2) is 0 Å². The molecule has 0 unspecified atom stereocenters. The second kappa shape index (κ2) is 5.75. The maximum absolute atomic E-state index is 10.7. The minimum atomic E-state index is -1.01. The minimum Gasteiger partial charge on any atom is -0.477 e. The zero-order valence-electron chi connectivity index (χ0n) is 10.4. The van der Waals surface area contributed by atoms with E-state index in [2.05, 4.69) is 10.3 Å². The molecule has 5 heteroatoms. The highest BCUT2D eigenvalue weighted by molar-refractivity contribution is 5.85. The van der Waals surface area contributed by atoms with Crippen molar-refractivity contribution in [2.45, 2.75) is 26.0 Å². The van der Waals surface area contributed by atoms with Gasteiger partial charge in [0.05, 0.1) is 11.3 Å². The van der Waals surface area contributed by atoms with Gasteiger partial charge in [0.25, 0.3) is 0 Å². The Morgan fingerprint density at radius 3 is 2.82 bits per heavy atom. The summed E-state index contributed by atoms with van der Waals surface area (Å²) in [5.41, 5.74) is 0.525. The van der Waals surface area contributed by atoms with Gasteiger partial charge in [0.1, 0.15) is 5.69 Å². The largest absolute Gasteiger partial charge is 0.477 e. The normalized spacial score (nSPS) is 11.5. The van der Waals surface area contributed by atoms with E-state index in [0.29, 0.717) is 18.8 Å². The van der Waals surface area contributed by atoms with Crippen molar-refractivity contribution in [3.8, 4) is 0 Å². The van der Waals surface area contributed by atoms with E-state index in [9.17, 15) is 4.79 Å². The number of ether oxygens (including phenoxy) is 1. The zero-order chi connectivity index (χ0) is 12.9. The van der Waals surface area contributed by atoms with Gasteiger partial charge in [0.2, 0.25) is 0 Å². The molecule has 1 aromatic heterocycles. The molecule has 1 rings (SSSR count). The highest BCUT2D eigenvalue weighted by Crippen LogP contribution is 2.05. The molecule has 5 nitrogen and oxygen atoms in total. The van der Waals surface area contributed by atoms with Gasteiger partial charge in [-0.25, -0.2) is 9.78 Å². The van der Waals surface area contributed by atoms with E-state index in [-0.39, 0.29) is 11.3 Å². The lowest BCUT2D eigenvalue weighted by Crippen LogP contribution is -2.36. The molecule has 0 bridgehead atoms. The van der Waals surface area contributed by atoms with Crippen LogP contribution in [-0.4, -0.2) is 35.3 Å². The lowest BCUT2D eigenvalue weighted by molar-refractivity contribution is 0.0230. The number of hydrogen-bond acceptors (Lipinski definition) is 4. The molecule has 0 aromatic carbocycles. The van der Waals surface area contributed by atoms with Crippen LogP contribution in [0.3, 0.4) is 0 Å². The Bertz CT molecular complexity index is 391. The van der Waals surface area contributed by atoms with E-state index >= 15 is 0 Å². The van der Waals surface area contributed by atoms with Crippen LogP contribution in [0.2, 0.25) is 0 Å². The molecule has 0 amide bonds. The lowest BCUT2D eigenvalue weighted by Gasteiger charge is -2.23. The van der Waals surface area contributed by atoms with Crippen molar-refractivity contribution in [3.63, 3.8) is 0 Å². The molecule has 2 N–H and O–H groups in total. The first-order valence-electron chi connectivity index (χ1n) is 5.40. The number of nitrogens with one attached hydrogen (secondary N) is 1. The third-order valence-corrected chi connectivity index (χ3v) is 2.44. The first-order chi connectivity index (χ1) is 7.94. The van der Waals surface area contributed by atoms with Crippen LogP contribution in [0.1, 0.15) is 30.0 Å². The van der Waals surface area contributed by atoms with Crippen LogP contribution >= 0.6 is 0 Å². The second-order valence-corrected chi connectivity index (χ2v) is 4.39. The second-order valence-electron chi connectivity index (χ2n) is 4.39. The number of hydrogen-bond donors (Lipinski definition) is 2. The summed E-state index contributed by atoms with van der Waals surface area (Å²) >= 11 is 0. The van der Waals surface area contributed by atoms with E-state index in [4.69, 9.17) is 9.84 Å². The summed E-state index contributed by atoms with van der Waals surface area (Å²) in [7, 11) is 1.66. The number of nitrogens with zero attached hydrogens (tertiary/aromatic N) is 1. The Hall–Kier alpha value is -1.46. The molecule has 17 heavy (non-hydrogen) atoms. The van der Waals surface area contributed by atoms with E-state index in [0.717, 1.165) is 0 Å². The number of pyridine rings is 1. The van der Waals surface area contributed by atoms with Crippen molar-refractivity contribution in [1.29, 1.82) is 0 Å². The summed E-state index contributed by atoms with van der Waals surface area (Å²) in [5.74, 6) is -1.01. The Labute approximate surface area is 101 Å². The average Bonchev–Trinajstić information content (AvgIpc) is 2.29. The predicted octanol–water partition coefficient (Wildman–Crippen LogP) is 1.29. The number of carboxylic acid groups (broad SMARTS) is 1. The fourth-order valence-corrected chi connectivity index (χ4v) is 1.26. The molecule has 1 heterocycles. The van der Waals surface area contributed by atoms with Gasteiger partial charge < -0.3 is 15.2 Å². The summed E-state index contributed by atoms with van der Waals surface area (Å²) in [6, 6.07) is 4.96. The Balaban J connectivity index is 2.52. The molecule has 94 valence electrons. The van der Waals surface area contributed by atoms with Crippen LogP contribution < -0.4 is 5.32 Å². The molecule has 0 atom stereocenters. The van der Waals surface area contributed by atoms with Gasteiger partial charge in [-0.05, 0) is 26.0 Å². The Kier molecular flexibility index (Phi) is 4.60. The maximum atomic E-state index is 10.7. The summed E-state index contributed by atoms with van der Waals surface area (Å²) in [5, 5.41) is 12.0. The Morgan fingerprint density at radius 2 is 2.24 bits per heavy atom. The quantitative estimate of drug-likeness (QED) is 0.781. The summed E-state index contributed by atoms with van der Waals surface area (Å²) in [6.07, 6.45) is 0. The molecule has 1 aromatic rings. The molecule has 0 aliphatic rings. The van der Waals surface area contributed by atoms with Gasteiger partial charge in [-0.2, -0.15) is 0 Å². The molecule has 0 saturated carbocycles. The van der Waals surface area contributed by atoms with Crippen LogP contribution in [0.25, 0.3) is 0 Å². The molecule has 0 fully saturated rings. The molecular formula is C12H18N2O3. The standard InChI is InChI=1S/C12H18N2O3/c1-12(2,17-3)8-13-7-9-5-4-6-10(14-9)11(15)16/h4-6,13H,7-8H2,1-3H3,(H,15,16). The highest BCUT2D eigenvalue weighted by atomic mass is 16.5. The predicted molar refractivity (Wildman–Crippen MR) is 64.0 cm³/mol. The van der Waals surface area contributed by atoms with Crippen molar-refractivity contribution < 1.29 is 14.6 Å². The van der Waals surface area contributed by atoms with E-state index in [1.54, 1.807) is 19.2 Å². The van der Waals surface area contributed by atoms with Gasteiger partial charge in [0, 0.05) is 20.2 Å². The van der Waals surface area contributed by atoms with Crippen LogP contribution in [0.15, 0.2) is 18.2 Å². The third-order valence-electron chi connectivity index (χ3n) is 2.44. The number of rotatable bonds is 6. The average molecular weight is 238 g/mol. The van der Waals surface area contributed by atoms with Gasteiger partial charge in [-0.3, -0.25) is 0 Å². The van der Waals surface area contributed by atoms with Crippen molar-refractivity contribution in [3.05, 3.63) is 29.6 Å². The highest BCUT2D eigenvalue weighted by Gasteiger charge is 2.15. The summed E-state index contributed by atoms with van der Waals surface area (Å²) < 4.78 is 5.26. The van der Waals surface area contributed by atoms with E-state index in [1.807, 2.05) is 13.8 Å². The fraction of sp³-hybridized carbons (Fsp3) is 0.500. The van der Waals surface area contributed by atoms with Gasteiger partial charge in [-0.15, -0.1) is 0 Å². The number of carboxylic acids is 1. The molecule has 0 aliphatic heterocycles. The third kappa shape index (κ3) is 4.50. The first-order valence-corrected chi connectivity index (χ1v) is 5.40. The fourth-order valence-electron chi connectivity index (χ4n) is 1.26. The molecule has 0 saturated heterocycles. The molecule has 0 aliphatic carbocycles. The van der Waals surface area contributed by atoms with Gasteiger partial charge >= 0.3 is 5.97 Å². The van der Waals surface area contributed by atoms with Crippen molar-refractivity contribution in [2.24, 2.45) is 0 Å². The van der Waals surface area contributed by atoms with Crippen LogP contribution in [0.4, 0.5) is 0 Å². The molecular weight excluding hydrogens is 220 g/mol. The number of methoxy groups -OCH3 is 1. The van der Waals surface area contributed by atoms with Crippen LogP contribution in [0, 0.1) is 0 Å². The van der Waals surface area contributed by atoms with Crippen molar-refractivity contribution in [1.82, 2.24) is 10.3 Å². The maximum Gasteiger partial charge on any atom is 0.354 e. The van der Waals surface area contributed by atoms with Crippen molar-refractivity contribution >= 4 is 5.97 Å². The minimum absolute atomic E-state index is 0.0651. The monoisotopic (exact) mass is 238 g/mol. The first kappa shape index (κ1) is 13.6. The van der Waals surface area contributed by atoms with Gasteiger partial charge in [-0.1, -0.05) is 6.07 Å². The topological polar surface area (TPSA) is 71.5 Å². The van der Waals surface area contributed by atoms with Crippen LogP contribution in [0.5, 0.6) is 0 Å². The molecule has 0 spiro atoms. The van der Waals surface area contributed by atoms with E-state index in [1.165, 1.54) is 6.07 Å². The lowest BCUT2D eigenvalue weighted by atomic mass is 10.1. The summed E-state index contributed by atoms with van der Waals surface area (Å²) in [4.78, 5) is 14.7. The number of aromatic carboxylic acids is 1.